The molecule has 2 amide bonds. The third-order valence-electron chi connectivity index (χ3n) is 3.48. The molecule has 0 saturated carbocycles. The molecule has 8 nitrogen and oxygen atoms in total. The van der Waals surface area contributed by atoms with Gasteiger partial charge in [-0.1, -0.05) is 22.9 Å². The van der Waals surface area contributed by atoms with Crippen molar-refractivity contribution in [3.05, 3.63) is 59.9 Å². The molecule has 0 unspecified atom stereocenters. The highest BCUT2D eigenvalue weighted by Gasteiger charge is 2.17. The van der Waals surface area contributed by atoms with Crippen LogP contribution in [-0.2, 0) is 10.0 Å². The van der Waals surface area contributed by atoms with Gasteiger partial charge in [0.2, 0.25) is 0 Å². The van der Waals surface area contributed by atoms with Crippen LogP contribution < -0.4 is 10.0 Å². The van der Waals surface area contributed by atoms with E-state index in [4.69, 9.17) is 4.52 Å². The monoisotopic (exact) mass is 372 g/mol. The lowest BCUT2D eigenvalue weighted by Gasteiger charge is -2.09. The third-order valence-corrected chi connectivity index (χ3v) is 4.82. The number of hydrogen-bond donors (Lipinski definition) is 2. The Kier molecular flexibility index (Phi) is 4.72. The minimum Gasteiger partial charge on any atom is -0.334 e. The molecule has 3 rings (SSSR count). The summed E-state index contributed by atoms with van der Waals surface area (Å²) in [6, 6.07) is 11.9. The van der Waals surface area contributed by atoms with Crippen molar-refractivity contribution in [1.29, 1.82) is 0 Å². The van der Waals surface area contributed by atoms with Crippen LogP contribution in [0.3, 0.4) is 0 Å². The van der Waals surface area contributed by atoms with E-state index in [0.717, 1.165) is 5.56 Å². The topological polar surface area (TPSA) is 114 Å². The quantitative estimate of drug-likeness (QED) is 0.728. The van der Waals surface area contributed by atoms with Gasteiger partial charge in [-0.15, -0.1) is 0 Å². The summed E-state index contributed by atoms with van der Waals surface area (Å²) < 4.78 is 31.4. The summed E-state index contributed by atoms with van der Waals surface area (Å²) in [5, 5.41) is 6.17. The number of hydrogen-bond acceptors (Lipinski definition) is 6. The Morgan fingerprint density at radius 3 is 2.23 bits per heavy atom. The van der Waals surface area contributed by atoms with E-state index in [9.17, 15) is 13.2 Å². The fourth-order valence-electron chi connectivity index (χ4n) is 2.17. The van der Waals surface area contributed by atoms with Gasteiger partial charge in [0.15, 0.2) is 5.82 Å². The Labute approximate surface area is 150 Å². The Hall–Kier alpha value is -3.20. The number of rotatable bonds is 4. The number of urea groups is 1. The van der Waals surface area contributed by atoms with Gasteiger partial charge >= 0.3 is 6.03 Å². The van der Waals surface area contributed by atoms with Crippen molar-refractivity contribution in [1.82, 2.24) is 14.9 Å². The van der Waals surface area contributed by atoms with Crippen LogP contribution in [0.2, 0.25) is 0 Å². The predicted molar refractivity (Wildman–Crippen MR) is 95.0 cm³/mol. The van der Waals surface area contributed by atoms with E-state index in [0.29, 0.717) is 23.0 Å². The molecule has 1 heterocycles. The minimum absolute atomic E-state index is 0.0142. The Morgan fingerprint density at radius 1 is 1.00 bits per heavy atom. The second kappa shape index (κ2) is 6.96. The second-order valence-corrected chi connectivity index (χ2v) is 7.28. The van der Waals surface area contributed by atoms with Gasteiger partial charge in [-0.25, -0.2) is 17.9 Å². The van der Waals surface area contributed by atoms with Gasteiger partial charge in [-0.3, -0.25) is 0 Å². The fraction of sp³-hybridized carbons (Fsp3) is 0.118. The lowest BCUT2D eigenvalue weighted by Crippen LogP contribution is -2.34. The van der Waals surface area contributed by atoms with Crippen LogP contribution in [0.4, 0.5) is 10.5 Å². The van der Waals surface area contributed by atoms with Crippen LogP contribution >= 0.6 is 0 Å². The molecule has 0 atom stereocenters. The van der Waals surface area contributed by atoms with Crippen LogP contribution in [0.1, 0.15) is 11.4 Å². The Morgan fingerprint density at radius 2 is 1.65 bits per heavy atom. The number of sulfonamides is 1. The number of aryl methyl sites for hydroxylation is 2. The molecule has 26 heavy (non-hydrogen) atoms. The molecule has 134 valence electrons. The van der Waals surface area contributed by atoms with Gasteiger partial charge in [-0.05, 0) is 50.2 Å². The van der Waals surface area contributed by atoms with Gasteiger partial charge in [0.1, 0.15) is 0 Å². The average molecular weight is 372 g/mol. The molecule has 0 bridgehead atoms. The number of nitrogens with zero attached hydrogens (tertiary/aromatic N) is 2. The molecule has 0 spiro atoms. The highest BCUT2D eigenvalue weighted by molar-refractivity contribution is 7.90. The maximum atomic E-state index is 12.2. The van der Waals surface area contributed by atoms with Crippen molar-refractivity contribution in [3.63, 3.8) is 0 Å². The fourth-order valence-corrected chi connectivity index (χ4v) is 3.07. The van der Waals surface area contributed by atoms with Crippen molar-refractivity contribution in [2.24, 2.45) is 0 Å². The van der Waals surface area contributed by atoms with Crippen molar-refractivity contribution < 1.29 is 17.7 Å². The molecular weight excluding hydrogens is 356 g/mol. The van der Waals surface area contributed by atoms with Crippen LogP contribution in [-0.4, -0.2) is 24.6 Å². The van der Waals surface area contributed by atoms with Gasteiger partial charge in [0.25, 0.3) is 15.9 Å². The summed E-state index contributed by atoms with van der Waals surface area (Å²) in [5.41, 5.74) is 2.02. The standard InChI is InChI=1S/C17H16N4O4S/c1-11-3-9-15(10-4-11)26(23,24)21-17(22)19-14-7-5-13(6-8-14)16-18-12(2)20-25-16/h3-10H,1-2H3,(H2,19,21,22). The number of carbonyl (C=O) groups is 1. The molecule has 2 aromatic carbocycles. The molecular formula is C17H16N4O4S. The summed E-state index contributed by atoms with van der Waals surface area (Å²) in [4.78, 5) is 16.1. The normalized spacial score (nSPS) is 11.2. The van der Waals surface area contributed by atoms with Crippen LogP contribution in [0.5, 0.6) is 0 Å². The van der Waals surface area contributed by atoms with Crippen molar-refractivity contribution >= 4 is 21.7 Å². The number of anilines is 1. The van der Waals surface area contributed by atoms with Crippen molar-refractivity contribution in [3.8, 4) is 11.5 Å². The Bertz CT molecular complexity index is 1030. The zero-order valence-electron chi connectivity index (χ0n) is 14.1. The first-order chi connectivity index (χ1) is 12.3. The molecule has 0 aliphatic rings. The molecule has 9 heteroatoms. The number of aromatic nitrogens is 2. The SMILES string of the molecule is Cc1ccc(S(=O)(=O)NC(=O)Nc2ccc(-c3nc(C)no3)cc2)cc1. The smallest absolute Gasteiger partial charge is 0.333 e. The molecule has 2 N–H and O–H groups in total. The summed E-state index contributed by atoms with van der Waals surface area (Å²) in [6.45, 7) is 3.55. The third kappa shape index (κ3) is 4.06. The number of nitrogens with one attached hydrogen (secondary N) is 2. The summed E-state index contributed by atoms with van der Waals surface area (Å²) in [7, 11) is -3.94. The number of carbonyl (C=O) groups excluding carboxylic acids is 1. The largest absolute Gasteiger partial charge is 0.334 e. The van der Waals surface area contributed by atoms with E-state index in [2.05, 4.69) is 15.5 Å². The first-order valence-corrected chi connectivity index (χ1v) is 9.13. The molecule has 0 radical (unpaired) electrons. The first-order valence-electron chi connectivity index (χ1n) is 7.65. The summed E-state index contributed by atoms with van der Waals surface area (Å²) in [6.07, 6.45) is 0. The van der Waals surface area contributed by atoms with Gasteiger partial charge in [-0.2, -0.15) is 4.98 Å². The van der Waals surface area contributed by atoms with E-state index in [1.807, 2.05) is 11.6 Å². The van der Waals surface area contributed by atoms with Crippen LogP contribution in [0.15, 0.2) is 57.9 Å². The maximum Gasteiger partial charge on any atom is 0.333 e. The van der Waals surface area contributed by atoms with E-state index >= 15 is 0 Å². The zero-order valence-corrected chi connectivity index (χ0v) is 14.9. The highest BCUT2D eigenvalue weighted by Crippen LogP contribution is 2.19. The van der Waals surface area contributed by atoms with Gasteiger partial charge < -0.3 is 9.84 Å². The van der Waals surface area contributed by atoms with Crippen molar-refractivity contribution in [2.75, 3.05) is 5.32 Å². The zero-order chi connectivity index (χ0) is 18.7. The molecule has 1 aromatic heterocycles. The average Bonchev–Trinajstić information content (AvgIpc) is 3.02. The molecule has 0 fully saturated rings. The van der Waals surface area contributed by atoms with Gasteiger partial charge in [0.05, 0.1) is 4.90 Å². The number of benzene rings is 2. The number of amides is 2. The lowest BCUT2D eigenvalue weighted by atomic mass is 10.2. The maximum absolute atomic E-state index is 12.2. The van der Waals surface area contributed by atoms with Crippen LogP contribution in [0, 0.1) is 13.8 Å². The van der Waals surface area contributed by atoms with E-state index < -0.39 is 16.1 Å². The van der Waals surface area contributed by atoms with E-state index in [1.165, 1.54) is 12.1 Å². The Balaban J connectivity index is 1.67. The van der Waals surface area contributed by atoms with Crippen LogP contribution in [0.25, 0.3) is 11.5 Å². The van der Waals surface area contributed by atoms with Gasteiger partial charge in [0, 0.05) is 11.3 Å². The molecule has 0 aliphatic carbocycles. The van der Waals surface area contributed by atoms with Crippen molar-refractivity contribution in [2.45, 2.75) is 18.7 Å². The predicted octanol–water partition coefficient (Wildman–Crippen LogP) is 2.86. The minimum atomic E-state index is -3.94. The molecule has 3 aromatic rings. The summed E-state index contributed by atoms with van der Waals surface area (Å²) in [5.74, 6) is 0.878. The molecule has 0 saturated heterocycles. The van der Waals surface area contributed by atoms with E-state index in [1.54, 1.807) is 43.3 Å². The highest BCUT2D eigenvalue weighted by atomic mass is 32.2. The molecule has 0 aliphatic heterocycles. The lowest BCUT2D eigenvalue weighted by molar-refractivity contribution is 0.256. The second-order valence-electron chi connectivity index (χ2n) is 5.60. The summed E-state index contributed by atoms with van der Waals surface area (Å²) >= 11 is 0. The first kappa shape index (κ1) is 17.6. The van der Waals surface area contributed by atoms with E-state index in [-0.39, 0.29) is 4.90 Å².